The Balaban J connectivity index is 1.01. The molecule has 6 aromatic carbocycles. The zero-order chi connectivity index (χ0) is 36.3. The van der Waals surface area contributed by atoms with Crippen LogP contribution in [0.25, 0.3) is 11.1 Å². The fourth-order valence-electron chi connectivity index (χ4n) is 6.65. The number of hydrogen-bond donors (Lipinski definition) is 2. The van der Waals surface area contributed by atoms with Crippen LogP contribution in [0.4, 0.5) is 45.5 Å². The lowest BCUT2D eigenvalue weighted by molar-refractivity contribution is 0.0910. The molecule has 6 aromatic rings. The number of amides is 4. The van der Waals surface area contributed by atoms with Gasteiger partial charge in [-0.15, -0.1) is 0 Å². The normalized spacial score (nSPS) is 13.4. The van der Waals surface area contributed by atoms with Crippen molar-refractivity contribution in [2.75, 3.05) is 45.2 Å². The van der Waals surface area contributed by atoms with Gasteiger partial charge >= 0.3 is 0 Å². The van der Waals surface area contributed by atoms with Gasteiger partial charge in [-0.25, -0.2) is 9.80 Å². The first-order chi connectivity index (χ1) is 25.1. The van der Waals surface area contributed by atoms with E-state index in [4.69, 9.17) is 11.5 Å². The molecule has 8 rings (SSSR count). The number of carbonyl (C=O) groups excluding carboxylic acids is 4. The predicted octanol–water partition coefficient (Wildman–Crippen LogP) is 7.66. The third kappa shape index (κ3) is 5.30. The standard InChI is InChI=1S/C42H32N6O4/c1-45(29-9-5-27(43)6-10-29)31-13-17-33(18-14-31)47-39(49)35-21-3-25(23-37(35)41(47)51)26-4-22-36-38(24-26)42(52)48(40(36)50)34-19-15-32(16-20-34)46(2)30-11-7-28(44)8-12-30/h3-24H,43-44H2,1-2H3. The highest BCUT2D eigenvalue weighted by molar-refractivity contribution is 6.35. The molecule has 0 aliphatic carbocycles. The molecule has 0 fully saturated rings. The molecule has 4 N–H and O–H groups in total. The fraction of sp³-hybridized carbons (Fsp3) is 0.0476. The van der Waals surface area contributed by atoms with Gasteiger partial charge in [0, 0.05) is 48.2 Å². The first-order valence-electron chi connectivity index (χ1n) is 16.5. The van der Waals surface area contributed by atoms with Crippen molar-refractivity contribution in [2.24, 2.45) is 0 Å². The minimum atomic E-state index is -0.439. The first-order valence-corrected chi connectivity index (χ1v) is 16.5. The van der Waals surface area contributed by atoms with Gasteiger partial charge in [-0.05, 0) is 132 Å². The molecule has 10 nitrogen and oxygen atoms in total. The summed E-state index contributed by atoms with van der Waals surface area (Å²) in [7, 11) is 3.84. The van der Waals surface area contributed by atoms with Crippen LogP contribution in [-0.4, -0.2) is 37.7 Å². The van der Waals surface area contributed by atoms with Crippen molar-refractivity contribution in [3.8, 4) is 11.1 Å². The SMILES string of the molecule is CN(c1ccc(N)cc1)c1ccc(N2C(=O)c3ccc(-c4ccc5c(c4)C(=O)N(c4ccc(N(C)c6ccc(N)cc6)cc4)C5=O)cc3C2=O)cc1. The Bertz CT molecular complexity index is 2250. The number of fused-ring (bicyclic) bond motifs is 2. The molecule has 52 heavy (non-hydrogen) atoms. The maximum atomic E-state index is 13.7. The van der Waals surface area contributed by atoms with Crippen molar-refractivity contribution < 1.29 is 19.2 Å². The third-order valence-electron chi connectivity index (χ3n) is 9.66. The topological polar surface area (TPSA) is 133 Å². The maximum Gasteiger partial charge on any atom is 0.266 e. The molecule has 0 saturated carbocycles. The van der Waals surface area contributed by atoms with E-state index in [1.165, 1.54) is 9.80 Å². The van der Waals surface area contributed by atoms with Gasteiger partial charge in [0.2, 0.25) is 0 Å². The van der Waals surface area contributed by atoms with E-state index in [0.717, 1.165) is 22.7 Å². The first kappa shape index (κ1) is 32.0. The number of imide groups is 2. The number of nitrogens with zero attached hydrogens (tertiary/aromatic N) is 4. The molecule has 254 valence electrons. The number of rotatable bonds is 7. The van der Waals surface area contributed by atoms with Crippen molar-refractivity contribution >= 4 is 69.1 Å². The van der Waals surface area contributed by atoms with Crippen molar-refractivity contribution in [2.45, 2.75) is 0 Å². The number of nitrogens with two attached hydrogens (primary N) is 2. The molecule has 0 spiro atoms. The smallest absolute Gasteiger partial charge is 0.266 e. The third-order valence-corrected chi connectivity index (χ3v) is 9.66. The highest BCUT2D eigenvalue weighted by Gasteiger charge is 2.39. The van der Waals surface area contributed by atoms with Crippen LogP contribution in [0.15, 0.2) is 133 Å². The van der Waals surface area contributed by atoms with Crippen molar-refractivity contribution in [1.82, 2.24) is 0 Å². The Morgan fingerprint density at radius 1 is 0.385 bits per heavy atom. The monoisotopic (exact) mass is 684 g/mol. The van der Waals surface area contributed by atoms with E-state index >= 15 is 0 Å². The average Bonchev–Trinajstić information content (AvgIpc) is 3.57. The van der Waals surface area contributed by atoms with Gasteiger partial charge in [0.1, 0.15) is 0 Å². The highest BCUT2D eigenvalue weighted by Crippen LogP contribution is 2.37. The van der Waals surface area contributed by atoms with Gasteiger partial charge in [-0.1, -0.05) is 12.1 Å². The number of benzene rings is 6. The van der Waals surface area contributed by atoms with Crippen molar-refractivity contribution in [1.29, 1.82) is 0 Å². The van der Waals surface area contributed by atoms with E-state index in [0.29, 0.717) is 45.0 Å². The average molecular weight is 685 g/mol. The molecule has 0 radical (unpaired) electrons. The van der Waals surface area contributed by atoms with Crippen LogP contribution < -0.4 is 31.1 Å². The summed E-state index contributed by atoms with van der Waals surface area (Å²) in [5.74, 6) is -1.71. The van der Waals surface area contributed by atoms with E-state index in [1.807, 2.05) is 96.7 Å². The van der Waals surface area contributed by atoms with E-state index < -0.39 is 23.6 Å². The van der Waals surface area contributed by atoms with Gasteiger partial charge in [0.25, 0.3) is 23.6 Å². The second-order valence-electron chi connectivity index (χ2n) is 12.7. The number of carbonyl (C=O) groups is 4. The molecule has 0 atom stereocenters. The molecule has 2 aliphatic rings. The summed E-state index contributed by atoms with van der Waals surface area (Å²) in [5.41, 5.74) is 19.9. The van der Waals surface area contributed by atoms with Gasteiger partial charge in [0.15, 0.2) is 0 Å². The van der Waals surface area contributed by atoms with Gasteiger partial charge in [-0.2, -0.15) is 0 Å². The molecule has 2 aliphatic heterocycles. The number of nitrogen functional groups attached to an aromatic ring is 2. The number of hydrogen-bond acceptors (Lipinski definition) is 8. The van der Waals surface area contributed by atoms with Crippen LogP contribution in [-0.2, 0) is 0 Å². The van der Waals surface area contributed by atoms with E-state index in [9.17, 15) is 19.2 Å². The molecular formula is C42H32N6O4. The van der Waals surface area contributed by atoms with Crippen molar-refractivity contribution in [3.05, 3.63) is 156 Å². The lowest BCUT2D eigenvalue weighted by atomic mass is 9.97. The molecule has 0 bridgehead atoms. The Hall–Kier alpha value is -7.20. The zero-order valence-corrected chi connectivity index (χ0v) is 28.3. The van der Waals surface area contributed by atoms with Crippen molar-refractivity contribution in [3.63, 3.8) is 0 Å². The number of anilines is 8. The van der Waals surface area contributed by atoms with Crippen LogP contribution in [0.5, 0.6) is 0 Å². The Labute approximate surface area is 299 Å². The van der Waals surface area contributed by atoms with Crippen LogP contribution in [0.3, 0.4) is 0 Å². The fourth-order valence-corrected chi connectivity index (χ4v) is 6.65. The van der Waals surface area contributed by atoms with Gasteiger partial charge in [0.05, 0.1) is 33.6 Å². The summed E-state index contributed by atoms with van der Waals surface area (Å²) in [6.07, 6.45) is 0. The molecule has 4 amide bonds. The van der Waals surface area contributed by atoms with E-state index in [-0.39, 0.29) is 11.1 Å². The minimum absolute atomic E-state index is 0.263. The van der Waals surface area contributed by atoms with Gasteiger partial charge < -0.3 is 21.3 Å². The molecule has 0 unspecified atom stereocenters. The predicted molar refractivity (Wildman–Crippen MR) is 205 cm³/mol. The largest absolute Gasteiger partial charge is 0.399 e. The quantitative estimate of drug-likeness (QED) is 0.129. The van der Waals surface area contributed by atoms with E-state index in [1.54, 1.807) is 60.7 Å². The van der Waals surface area contributed by atoms with E-state index in [2.05, 4.69) is 0 Å². The lowest BCUT2D eigenvalue weighted by Gasteiger charge is -2.21. The molecule has 0 saturated heterocycles. The Morgan fingerprint density at radius 3 is 1.00 bits per heavy atom. The summed E-state index contributed by atoms with van der Waals surface area (Å²) in [6.45, 7) is 0. The Morgan fingerprint density at radius 2 is 0.673 bits per heavy atom. The highest BCUT2D eigenvalue weighted by atomic mass is 16.2. The zero-order valence-electron chi connectivity index (χ0n) is 28.3. The van der Waals surface area contributed by atoms with Crippen LogP contribution in [0, 0.1) is 0 Å². The second kappa shape index (κ2) is 12.3. The molecule has 10 heteroatoms. The molecular weight excluding hydrogens is 653 g/mol. The maximum absolute atomic E-state index is 13.7. The lowest BCUT2D eigenvalue weighted by Crippen LogP contribution is -2.29. The van der Waals surface area contributed by atoms with Gasteiger partial charge in [-0.3, -0.25) is 19.2 Å². The van der Waals surface area contributed by atoms with Crippen LogP contribution in [0.1, 0.15) is 41.4 Å². The second-order valence-corrected chi connectivity index (χ2v) is 12.7. The Kier molecular flexibility index (Phi) is 7.57. The molecule has 0 aromatic heterocycles. The van der Waals surface area contributed by atoms with Crippen LogP contribution in [0.2, 0.25) is 0 Å². The summed E-state index contributed by atoms with van der Waals surface area (Å²) in [4.78, 5) is 60.6. The molecule has 2 heterocycles. The minimum Gasteiger partial charge on any atom is -0.399 e. The summed E-state index contributed by atoms with van der Waals surface area (Å²) >= 11 is 0. The van der Waals surface area contributed by atoms with Crippen LogP contribution >= 0.6 is 0 Å². The summed E-state index contributed by atoms with van der Waals surface area (Å²) in [5, 5.41) is 0. The summed E-state index contributed by atoms with van der Waals surface area (Å²) < 4.78 is 0. The summed E-state index contributed by atoms with van der Waals surface area (Å²) in [6, 6.07) is 39.4.